The number of aryl methyl sites for hydroxylation is 1. The Hall–Kier alpha value is -1.11. The molecule has 2 aliphatic heterocycles. The lowest BCUT2D eigenvalue weighted by Crippen LogP contribution is -2.48. The van der Waals surface area contributed by atoms with E-state index in [0.717, 1.165) is 37.4 Å². The highest BCUT2D eigenvalue weighted by molar-refractivity contribution is 7.89. The second-order valence-electron chi connectivity index (χ2n) is 7.68. The average Bonchev–Trinajstić information content (AvgIpc) is 2.68. The summed E-state index contributed by atoms with van der Waals surface area (Å²) in [5, 5.41) is 0. The molecule has 0 saturated carbocycles. The minimum atomic E-state index is -3.43. The fraction of sp³-hybridized carbons (Fsp3) is 0.700. The van der Waals surface area contributed by atoms with Crippen molar-refractivity contribution in [3.05, 3.63) is 23.8 Å². The van der Waals surface area contributed by atoms with E-state index in [4.69, 9.17) is 4.74 Å². The van der Waals surface area contributed by atoms with Gasteiger partial charge in [-0.2, -0.15) is 4.31 Å². The molecule has 0 amide bonds. The van der Waals surface area contributed by atoms with Crippen LogP contribution >= 0.6 is 0 Å². The standard InChI is InChI=1S/C20H32N2O3S/c1-4-17-15-19(25-3)5-6-20(17)26(23,24)22-13-9-18(10-14-22)21-11-7-16(2)8-12-21/h5-6,15-16,18H,4,7-14H2,1-3H3. The predicted octanol–water partition coefficient (Wildman–Crippen LogP) is 3.14. The summed E-state index contributed by atoms with van der Waals surface area (Å²) >= 11 is 0. The number of hydrogen-bond donors (Lipinski definition) is 0. The topological polar surface area (TPSA) is 49.9 Å². The highest BCUT2D eigenvalue weighted by Crippen LogP contribution is 2.29. The molecule has 0 atom stereocenters. The molecular weight excluding hydrogens is 348 g/mol. The maximum atomic E-state index is 13.2. The maximum Gasteiger partial charge on any atom is 0.243 e. The molecule has 2 heterocycles. The van der Waals surface area contributed by atoms with Gasteiger partial charge in [0.25, 0.3) is 0 Å². The quantitative estimate of drug-likeness (QED) is 0.787. The molecule has 0 radical (unpaired) electrons. The van der Waals surface area contributed by atoms with Gasteiger partial charge in [-0.25, -0.2) is 8.42 Å². The molecule has 0 unspecified atom stereocenters. The van der Waals surface area contributed by atoms with Crippen LogP contribution in [0.5, 0.6) is 5.75 Å². The van der Waals surface area contributed by atoms with Crippen LogP contribution in [0.25, 0.3) is 0 Å². The molecule has 26 heavy (non-hydrogen) atoms. The first-order valence-corrected chi connectivity index (χ1v) is 11.3. The van der Waals surface area contributed by atoms with Gasteiger partial charge in [-0.05, 0) is 74.9 Å². The lowest BCUT2D eigenvalue weighted by molar-refractivity contribution is 0.101. The molecule has 0 bridgehead atoms. The summed E-state index contributed by atoms with van der Waals surface area (Å²) in [5.74, 6) is 1.54. The van der Waals surface area contributed by atoms with Gasteiger partial charge in [0, 0.05) is 19.1 Å². The summed E-state index contributed by atoms with van der Waals surface area (Å²) in [6.45, 7) is 7.88. The second-order valence-corrected chi connectivity index (χ2v) is 9.59. The monoisotopic (exact) mass is 380 g/mol. The average molecular weight is 381 g/mol. The number of sulfonamides is 1. The summed E-state index contributed by atoms with van der Waals surface area (Å²) in [6.07, 6.45) is 5.08. The maximum absolute atomic E-state index is 13.2. The van der Waals surface area contributed by atoms with E-state index in [9.17, 15) is 8.42 Å². The van der Waals surface area contributed by atoms with Gasteiger partial charge >= 0.3 is 0 Å². The van der Waals surface area contributed by atoms with Crippen LogP contribution in [0.1, 0.15) is 45.1 Å². The van der Waals surface area contributed by atoms with Crippen LogP contribution in [0.4, 0.5) is 0 Å². The van der Waals surface area contributed by atoms with Crippen molar-refractivity contribution < 1.29 is 13.2 Å². The molecule has 2 fully saturated rings. The molecule has 0 spiro atoms. The summed E-state index contributed by atoms with van der Waals surface area (Å²) in [4.78, 5) is 3.01. The highest BCUT2D eigenvalue weighted by Gasteiger charge is 2.33. The van der Waals surface area contributed by atoms with Crippen LogP contribution in [0.2, 0.25) is 0 Å². The van der Waals surface area contributed by atoms with E-state index in [0.29, 0.717) is 36.2 Å². The third-order valence-electron chi connectivity index (χ3n) is 6.02. The van der Waals surface area contributed by atoms with E-state index < -0.39 is 10.0 Å². The number of piperidine rings is 2. The molecule has 2 aliphatic rings. The van der Waals surface area contributed by atoms with Crippen LogP contribution in [-0.4, -0.2) is 57.0 Å². The first kappa shape index (κ1) is 19.6. The van der Waals surface area contributed by atoms with Crippen LogP contribution < -0.4 is 4.74 Å². The Bertz CT molecular complexity index is 704. The van der Waals surface area contributed by atoms with Gasteiger partial charge in [-0.1, -0.05) is 13.8 Å². The fourth-order valence-electron chi connectivity index (χ4n) is 4.19. The van der Waals surface area contributed by atoms with Crippen molar-refractivity contribution in [2.45, 2.75) is 56.9 Å². The van der Waals surface area contributed by atoms with Crippen molar-refractivity contribution >= 4 is 10.0 Å². The van der Waals surface area contributed by atoms with Gasteiger partial charge in [0.05, 0.1) is 12.0 Å². The fourth-order valence-corrected chi connectivity index (χ4v) is 5.94. The normalized spacial score (nSPS) is 21.8. The number of likely N-dealkylation sites (tertiary alicyclic amines) is 1. The van der Waals surface area contributed by atoms with Gasteiger partial charge in [-0.3, -0.25) is 0 Å². The zero-order valence-corrected chi connectivity index (χ0v) is 17.1. The molecular formula is C20H32N2O3S. The SMILES string of the molecule is CCc1cc(OC)ccc1S(=O)(=O)N1CCC(N2CCC(C)CC2)CC1. The molecule has 3 rings (SSSR count). The first-order valence-electron chi connectivity index (χ1n) is 9.86. The van der Waals surface area contributed by atoms with Crippen LogP contribution in [0.3, 0.4) is 0 Å². The Morgan fingerprint density at radius 3 is 2.31 bits per heavy atom. The number of benzene rings is 1. The summed E-state index contributed by atoms with van der Waals surface area (Å²) in [5.41, 5.74) is 0.830. The summed E-state index contributed by atoms with van der Waals surface area (Å²) in [6, 6.07) is 5.82. The number of rotatable bonds is 5. The Kier molecular flexibility index (Phi) is 6.25. The number of hydrogen-bond acceptors (Lipinski definition) is 4. The zero-order valence-electron chi connectivity index (χ0n) is 16.3. The minimum Gasteiger partial charge on any atom is -0.497 e. The molecule has 1 aromatic rings. The Morgan fingerprint density at radius 1 is 1.08 bits per heavy atom. The van der Waals surface area contributed by atoms with E-state index in [-0.39, 0.29) is 0 Å². The first-order chi connectivity index (χ1) is 12.5. The van der Waals surface area contributed by atoms with Gasteiger partial charge in [-0.15, -0.1) is 0 Å². The molecule has 0 aromatic heterocycles. The lowest BCUT2D eigenvalue weighted by Gasteiger charge is -2.41. The third kappa shape index (κ3) is 4.07. The Labute approximate surface area is 158 Å². The summed E-state index contributed by atoms with van der Waals surface area (Å²) in [7, 11) is -1.83. The van der Waals surface area contributed by atoms with Crippen molar-refractivity contribution in [2.24, 2.45) is 5.92 Å². The van der Waals surface area contributed by atoms with E-state index in [1.165, 1.54) is 12.8 Å². The number of nitrogens with zero attached hydrogens (tertiary/aromatic N) is 2. The lowest BCUT2D eigenvalue weighted by atomic mass is 9.95. The van der Waals surface area contributed by atoms with E-state index >= 15 is 0 Å². The van der Waals surface area contributed by atoms with E-state index in [1.807, 2.05) is 13.0 Å². The van der Waals surface area contributed by atoms with Crippen LogP contribution in [-0.2, 0) is 16.4 Å². The van der Waals surface area contributed by atoms with E-state index in [2.05, 4.69) is 11.8 Å². The van der Waals surface area contributed by atoms with Crippen molar-refractivity contribution in [1.82, 2.24) is 9.21 Å². The largest absolute Gasteiger partial charge is 0.497 e. The van der Waals surface area contributed by atoms with Gasteiger partial charge in [0.1, 0.15) is 5.75 Å². The number of ether oxygens (including phenoxy) is 1. The zero-order chi connectivity index (χ0) is 18.7. The van der Waals surface area contributed by atoms with Crippen molar-refractivity contribution in [1.29, 1.82) is 0 Å². The molecule has 2 saturated heterocycles. The van der Waals surface area contributed by atoms with Gasteiger partial charge < -0.3 is 9.64 Å². The third-order valence-corrected chi connectivity index (χ3v) is 8.02. The summed E-state index contributed by atoms with van der Waals surface area (Å²) < 4.78 is 33.3. The van der Waals surface area contributed by atoms with Gasteiger partial charge in [0.15, 0.2) is 0 Å². The molecule has 146 valence electrons. The van der Waals surface area contributed by atoms with Crippen molar-refractivity contribution in [3.8, 4) is 5.75 Å². The van der Waals surface area contributed by atoms with Crippen LogP contribution in [0.15, 0.2) is 23.1 Å². The molecule has 5 nitrogen and oxygen atoms in total. The van der Waals surface area contributed by atoms with Gasteiger partial charge in [0.2, 0.25) is 10.0 Å². The van der Waals surface area contributed by atoms with E-state index in [1.54, 1.807) is 23.5 Å². The Balaban J connectivity index is 1.68. The second kappa shape index (κ2) is 8.28. The molecule has 6 heteroatoms. The minimum absolute atomic E-state index is 0.436. The van der Waals surface area contributed by atoms with Crippen molar-refractivity contribution in [2.75, 3.05) is 33.3 Å². The number of methoxy groups -OCH3 is 1. The molecule has 0 N–H and O–H groups in total. The molecule has 0 aliphatic carbocycles. The predicted molar refractivity (Wildman–Crippen MR) is 104 cm³/mol. The Morgan fingerprint density at radius 2 is 1.73 bits per heavy atom. The van der Waals surface area contributed by atoms with Crippen LogP contribution in [0, 0.1) is 5.92 Å². The smallest absolute Gasteiger partial charge is 0.243 e. The molecule has 1 aromatic carbocycles. The highest BCUT2D eigenvalue weighted by atomic mass is 32.2. The van der Waals surface area contributed by atoms with Crippen molar-refractivity contribution in [3.63, 3.8) is 0 Å².